The Hall–Kier alpha value is -0.920. The fraction of sp³-hybridized carbons (Fsp3) is 0.600. The minimum atomic E-state index is 0.649. The Morgan fingerprint density at radius 1 is 1.25 bits per heavy atom. The first-order chi connectivity index (χ1) is 5.88. The average molecular weight is 164 g/mol. The third-order valence-electron chi connectivity index (χ3n) is 2.18. The molecule has 0 aliphatic heterocycles. The lowest BCUT2D eigenvalue weighted by Gasteiger charge is -2.12. The van der Waals surface area contributed by atoms with Gasteiger partial charge in [0.05, 0.1) is 0 Å². The van der Waals surface area contributed by atoms with Gasteiger partial charge in [0.2, 0.25) is 0 Å². The first kappa shape index (κ1) is 9.17. The molecule has 0 bridgehead atoms. The first-order valence-corrected chi connectivity index (χ1v) is 4.63. The molecule has 0 fully saturated rings. The van der Waals surface area contributed by atoms with Crippen molar-refractivity contribution in [2.45, 2.75) is 39.0 Å². The summed E-state index contributed by atoms with van der Waals surface area (Å²) in [4.78, 5) is 8.05. The molecule has 0 amide bonds. The average Bonchev–Trinajstić information content (AvgIpc) is 2.15. The van der Waals surface area contributed by atoms with Crippen LogP contribution in [0.15, 0.2) is 18.7 Å². The van der Waals surface area contributed by atoms with Crippen molar-refractivity contribution in [1.82, 2.24) is 9.97 Å². The van der Waals surface area contributed by atoms with Gasteiger partial charge in [-0.05, 0) is 24.3 Å². The van der Waals surface area contributed by atoms with Gasteiger partial charge < -0.3 is 0 Å². The number of rotatable bonds is 4. The summed E-state index contributed by atoms with van der Waals surface area (Å²) in [5.74, 6) is 0.649. The fourth-order valence-corrected chi connectivity index (χ4v) is 1.48. The number of hydrogen-bond donors (Lipinski definition) is 0. The van der Waals surface area contributed by atoms with Crippen LogP contribution in [0.1, 0.15) is 44.6 Å². The zero-order valence-corrected chi connectivity index (χ0v) is 7.83. The van der Waals surface area contributed by atoms with Gasteiger partial charge >= 0.3 is 0 Å². The molecule has 2 heteroatoms. The lowest BCUT2D eigenvalue weighted by Crippen LogP contribution is -1.97. The second kappa shape index (κ2) is 4.86. The Morgan fingerprint density at radius 3 is 2.42 bits per heavy atom. The van der Waals surface area contributed by atoms with Crippen LogP contribution in [0.25, 0.3) is 0 Å². The first-order valence-electron chi connectivity index (χ1n) is 4.63. The topological polar surface area (TPSA) is 25.8 Å². The molecular weight excluding hydrogens is 148 g/mol. The summed E-state index contributed by atoms with van der Waals surface area (Å²) in [5.41, 5.74) is 1.28. The van der Waals surface area contributed by atoms with E-state index in [1.54, 1.807) is 6.33 Å². The number of nitrogens with zero attached hydrogens (tertiary/aromatic N) is 2. The molecule has 0 N–H and O–H groups in total. The normalized spacial score (nSPS) is 12.8. The van der Waals surface area contributed by atoms with Gasteiger partial charge in [-0.1, -0.05) is 20.3 Å². The van der Waals surface area contributed by atoms with Gasteiger partial charge in [-0.15, -0.1) is 0 Å². The molecular formula is C10H16N2. The zero-order chi connectivity index (χ0) is 8.81. The number of aromatic nitrogens is 2. The largest absolute Gasteiger partial charge is 0.245 e. The van der Waals surface area contributed by atoms with Crippen LogP contribution in [-0.2, 0) is 0 Å². The van der Waals surface area contributed by atoms with E-state index in [2.05, 4.69) is 23.8 Å². The summed E-state index contributed by atoms with van der Waals surface area (Å²) in [7, 11) is 0. The molecule has 2 nitrogen and oxygen atoms in total. The van der Waals surface area contributed by atoms with E-state index in [9.17, 15) is 0 Å². The standard InChI is InChI=1S/C10H16N2/c1-3-5-9(4-2)10-6-11-8-12-7-10/h6-9H,3-5H2,1-2H3. The van der Waals surface area contributed by atoms with Gasteiger partial charge in [0.1, 0.15) is 6.33 Å². The van der Waals surface area contributed by atoms with Gasteiger partial charge in [-0.2, -0.15) is 0 Å². The van der Waals surface area contributed by atoms with E-state index < -0.39 is 0 Å². The minimum absolute atomic E-state index is 0.649. The smallest absolute Gasteiger partial charge is 0.115 e. The van der Waals surface area contributed by atoms with Crippen LogP contribution in [0.3, 0.4) is 0 Å². The summed E-state index contributed by atoms with van der Waals surface area (Å²) in [6, 6.07) is 0. The molecule has 1 atom stereocenters. The Bertz CT molecular complexity index is 208. The Kier molecular flexibility index (Phi) is 3.71. The van der Waals surface area contributed by atoms with Crippen molar-refractivity contribution < 1.29 is 0 Å². The highest BCUT2D eigenvalue weighted by Gasteiger charge is 2.07. The molecule has 66 valence electrons. The van der Waals surface area contributed by atoms with E-state index in [4.69, 9.17) is 0 Å². The van der Waals surface area contributed by atoms with Crippen LogP contribution in [-0.4, -0.2) is 9.97 Å². The Balaban J connectivity index is 2.66. The van der Waals surface area contributed by atoms with Crippen molar-refractivity contribution in [2.75, 3.05) is 0 Å². The molecule has 1 aromatic rings. The minimum Gasteiger partial charge on any atom is -0.245 e. The molecule has 1 rings (SSSR count). The van der Waals surface area contributed by atoms with E-state index in [1.807, 2.05) is 12.4 Å². The predicted molar refractivity (Wildman–Crippen MR) is 50.0 cm³/mol. The summed E-state index contributed by atoms with van der Waals surface area (Å²) in [5, 5.41) is 0. The van der Waals surface area contributed by atoms with Gasteiger partial charge in [-0.3, -0.25) is 0 Å². The molecule has 12 heavy (non-hydrogen) atoms. The Labute approximate surface area is 74.1 Å². The van der Waals surface area contributed by atoms with E-state index >= 15 is 0 Å². The van der Waals surface area contributed by atoms with Crippen LogP contribution >= 0.6 is 0 Å². The Morgan fingerprint density at radius 2 is 1.92 bits per heavy atom. The maximum absolute atomic E-state index is 4.02. The quantitative estimate of drug-likeness (QED) is 0.683. The van der Waals surface area contributed by atoms with E-state index in [1.165, 1.54) is 24.8 Å². The molecule has 0 aromatic carbocycles. The van der Waals surface area contributed by atoms with Gasteiger partial charge in [-0.25, -0.2) is 9.97 Å². The van der Waals surface area contributed by atoms with Crippen molar-refractivity contribution in [3.63, 3.8) is 0 Å². The summed E-state index contributed by atoms with van der Waals surface area (Å²) >= 11 is 0. The number of hydrogen-bond acceptors (Lipinski definition) is 2. The maximum atomic E-state index is 4.02. The SMILES string of the molecule is CCCC(CC)c1cncnc1. The van der Waals surface area contributed by atoms with Gasteiger partial charge in [0.25, 0.3) is 0 Å². The van der Waals surface area contributed by atoms with Crippen molar-refractivity contribution >= 4 is 0 Å². The lowest BCUT2D eigenvalue weighted by atomic mass is 9.95. The molecule has 0 aliphatic carbocycles. The van der Waals surface area contributed by atoms with Crippen molar-refractivity contribution in [2.24, 2.45) is 0 Å². The third kappa shape index (κ3) is 2.29. The highest BCUT2D eigenvalue weighted by Crippen LogP contribution is 2.22. The zero-order valence-electron chi connectivity index (χ0n) is 7.83. The monoisotopic (exact) mass is 164 g/mol. The van der Waals surface area contributed by atoms with Crippen LogP contribution in [0.2, 0.25) is 0 Å². The van der Waals surface area contributed by atoms with Gasteiger partial charge in [0.15, 0.2) is 0 Å². The maximum Gasteiger partial charge on any atom is 0.115 e. The summed E-state index contributed by atoms with van der Waals surface area (Å²) < 4.78 is 0. The lowest BCUT2D eigenvalue weighted by molar-refractivity contribution is 0.591. The van der Waals surface area contributed by atoms with Crippen molar-refractivity contribution in [3.8, 4) is 0 Å². The second-order valence-corrected chi connectivity index (χ2v) is 3.07. The van der Waals surface area contributed by atoms with Crippen LogP contribution in [0.4, 0.5) is 0 Å². The molecule has 0 saturated heterocycles. The van der Waals surface area contributed by atoms with E-state index in [0.717, 1.165) is 0 Å². The van der Waals surface area contributed by atoms with Crippen LogP contribution in [0.5, 0.6) is 0 Å². The van der Waals surface area contributed by atoms with Crippen molar-refractivity contribution in [1.29, 1.82) is 0 Å². The molecule has 0 radical (unpaired) electrons. The molecule has 1 unspecified atom stereocenters. The molecule has 0 spiro atoms. The highest BCUT2D eigenvalue weighted by atomic mass is 14.8. The van der Waals surface area contributed by atoms with Gasteiger partial charge in [0, 0.05) is 12.4 Å². The fourth-order valence-electron chi connectivity index (χ4n) is 1.48. The molecule has 0 saturated carbocycles. The molecule has 1 heterocycles. The van der Waals surface area contributed by atoms with E-state index in [-0.39, 0.29) is 0 Å². The van der Waals surface area contributed by atoms with Crippen molar-refractivity contribution in [3.05, 3.63) is 24.3 Å². The van der Waals surface area contributed by atoms with E-state index in [0.29, 0.717) is 5.92 Å². The van der Waals surface area contributed by atoms with Crippen LogP contribution < -0.4 is 0 Å². The summed E-state index contributed by atoms with van der Waals surface area (Å²) in [6.07, 6.45) is 9.09. The predicted octanol–water partition coefficient (Wildman–Crippen LogP) is 2.77. The molecule has 1 aromatic heterocycles. The van der Waals surface area contributed by atoms with Crippen LogP contribution in [0, 0.1) is 0 Å². The summed E-state index contributed by atoms with van der Waals surface area (Å²) in [6.45, 7) is 4.43. The highest BCUT2D eigenvalue weighted by molar-refractivity contribution is 5.09. The second-order valence-electron chi connectivity index (χ2n) is 3.07. The molecule has 0 aliphatic rings. The third-order valence-corrected chi connectivity index (χ3v) is 2.18.